The smallest absolute Gasteiger partial charge is 0.240 e. The van der Waals surface area contributed by atoms with E-state index in [-0.39, 0.29) is 31.4 Å². The van der Waals surface area contributed by atoms with E-state index in [4.69, 9.17) is 32.7 Å². The van der Waals surface area contributed by atoms with E-state index in [0.717, 1.165) is 5.56 Å². The van der Waals surface area contributed by atoms with Gasteiger partial charge in [0.05, 0.1) is 16.9 Å². The van der Waals surface area contributed by atoms with Crippen molar-refractivity contribution in [2.45, 2.75) is 12.8 Å². The number of ether oxygens (including phenoxy) is 2. The average molecular weight is 408 g/mol. The molecule has 27 heavy (non-hydrogen) atoms. The van der Waals surface area contributed by atoms with E-state index in [1.165, 1.54) is 12.3 Å². The molecule has 140 valence electrons. The molecule has 1 aliphatic rings. The topological polar surface area (TPSA) is 89.0 Å². The molecule has 7 nitrogen and oxygen atoms in total. The zero-order valence-electron chi connectivity index (χ0n) is 14.0. The van der Waals surface area contributed by atoms with Gasteiger partial charge in [0.1, 0.15) is 0 Å². The molecule has 0 spiro atoms. The van der Waals surface area contributed by atoms with Crippen molar-refractivity contribution in [3.05, 3.63) is 52.0 Å². The number of rotatable bonds is 6. The number of hydrogen-bond acceptors (Lipinski definition) is 5. The molecule has 1 aliphatic heterocycles. The van der Waals surface area contributed by atoms with Gasteiger partial charge >= 0.3 is 0 Å². The summed E-state index contributed by atoms with van der Waals surface area (Å²) in [4.78, 5) is 23.7. The predicted molar refractivity (Wildman–Crippen MR) is 103 cm³/mol. The summed E-state index contributed by atoms with van der Waals surface area (Å²) < 4.78 is 10.5. The maximum atomic E-state index is 11.9. The summed E-state index contributed by atoms with van der Waals surface area (Å²) >= 11 is 11.8. The fraction of sp³-hybridized carbons (Fsp3) is 0.167. The molecule has 0 aromatic heterocycles. The Hall–Kier alpha value is -2.77. The molecule has 0 bridgehead atoms. The molecule has 0 unspecified atom stereocenters. The van der Waals surface area contributed by atoms with E-state index in [1.807, 2.05) is 0 Å². The van der Waals surface area contributed by atoms with Crippen LogP contribution in [0.3, 0.4) is 0 Å². The first-order valence-electron chi connectivity index (χ1n) is 7.98. The van der Waals surface area contributed by atoms with Crippen LogP contribution in [0.5, 0.6) is 11.5 Å². The largest absolute Gasteiger partial charge is 0.454 e. The van der Waals surface area contributed by atoms with Gasteiger partial charge in [-0.1, -0.05) is 23.2 Å². The van der Waals surface area contributed by atoms with Crippen LogP contribution in [0.15, 0.2) is 41.5 Å². The summed E-state index contributed by atoms with van der Waals surface area (Å²) in [5.74, 6) is 0.553. The molecular formula is C18H15Cl2N3O4. The standard InChI is InChI=1S/C18H15Cl2N3O4/c19-12-2-3-13(20)14(8-12)22-17(24)5-6-18(25)23-21-9-11-1-4-15-16(7-11)27-10-26-15/h1-4,7-9H,5-6,10H2,(H,22,24)(H,23,25). The van der Waals surface area contributed by atoms with Gasteiger partial charge in [-0.3, -0.25) is 9.59 Å². The van der Waals surface area contributed by atoms with E-state index in [2.05, 4.69) is 15.8 Å². The van der Waals surface area contributed by atoms with Crippen LogP contribution in [0.4, 0.5) is 5.69 Å². The maximum absolute atomic E-state index is 11.9. The normalized spacial score (nSPS) is 12.2. The van der Waals surface area contributed by atoms with E-state index < -0.39 is 0 Å². The van der Waals surface area contributed by atoms with Gasteiger partial charge in [-0.25, -0.2) is 5.43 Å². The number of nitrogens with one attached hydrogen (secondary N) is 2. The van der Waals surface area contributed by atoms with Crippen molar-refractivity contribution >= 4 is 46.9 Å². The Balaban J connectivity index is 1.44. The fourth-order valence-corrected chi connectivity index (χ4v) is 2.60. The van der Waals surface area contributed by atoms with Crippen LogP contribution in [-0.2, 0) is 9.59 Å². The highest BCUT2D eigenvalue weighted by atomic mass is 35.5. The summed E-state index contributed by atoms with van der Waals surface area (Å²) in [5.41, 5.74) is 3.51. The summed E-state index contributed by atoms with van der Waals surface area (Å²) in [5, 5.41) is 7.29. The maximum Gasteiger partial charge on any atom is 0.240 e. The first-order chi connectivity index (χ1) is 13.0. The molecule has 0 saturated heterocycles. The van der Waals surface area contributed by atoms with E-state index in [9.17, 15) is 9.59 Å². The zero-order valence-corrected chi connectivity index (χ0v) is 15.5. The molecule has 9 heteroatoms. The number of carbonyl (C=O) groups is 2. The number of hydrazone groups is 1. The number of benzene rings is 2. The lowest BCUT2D eigenvalue weighted by Gasteiger charge is -2.07. The molecule has 2 aromatic rings. The van der Waals surface area contributed by atoms with Crippen molar-refractivity contribution in [1.82, 2.24) is 5.43 Å². The van der Waals surface area contributed by atoms with Crippen LogP contribution >= 0.6 is 23.2 Å². The number of amides is 2. The number of halogens is 2. The monoisotopic (exact) mass is 407 g/mol. The SMILES string of the molecule is O=C(CCC(=O)Nc1cc(Cl)ccc1Cl)NN=Cc1ccc2c(c1)OCO2. The highest BCUT2D eigenvalue weighted by Gasteiger charge is 2.12. The van der Waals surface area contributed by atoms with Gasteiger partial charge < -0.3 is 14.8 Å². The quantitative estimate of drug-likeness (QED) is 0.565. The van der Waals surface area contributed by atoms with Gasteiger partial charge in [-0.2, -0.15) is 5.10 Å². The Morgan fingerprint density at radius 3 is 2.67 bits per heavy atom. The molecule has 0 radical (unpaired) electrons. The predicted octanol–water partition coefficient (Wildman–Crippen LogP) is 3.59. The number of anilines is 1. The van der Waals surface area contributed by atoms with Crippen molar-refractivity contribution in [3.63, 3.8) is 0 Å². The van der Waals surface area contributed by atoms with E-state index >= 15 is 0 Å². The Morgan fingerprint density at radius 2 is 1.81 bits per heavy atom. The highest BCUT2D eigenvalue weighted by molar-refractivity contribution is 6.35. The molecule has 3 rings (SSSR count). The number of carbonyl (C=O) groups excluding carboxylic acids is 2. The Kier molecular flexibility index (Phi) is 6.16. The zero-order chi connectivity index (χ0) is 19.2. The second kappa shape index (κ2) is 8.75. The molecule has 1 heterocycles. The van der Waals surface area contributed by atoms with Gasteiger partial charge in [0.25, 0.3) is 0 Å². The minimum atomic E-state index is -0.390. The number of fused-ring (bicyclic) bond motifs is 1. The molecule has 2 amide bonds. The van der Waals surface area contributed by atoms with E-state index in [0.29, 0.717) is 27.2 Å². The molecule has 0 atom stereocenters. The first-order valence-corrected chi connectivity index (χ1v) is 8.73. The lowest BCUT2D eigenvalue weighted by atomic mass is 10.2. The first kappa shape index (κ1) is 19.0. The van der Waals surface area contributed by atoms with Crippen molar-refractivity contribution in [1.29, 1.82) is 0 Å². The van der Waals surface area contributed by atoms with Crippen LogP contribution in [0.2, 0.25) is 10.0 Å². The van der Waals surface area contributed by atoms with Crippen molar-refractivity contribution in [2.24, 2.45) is 5.10 Å². The molecule has 2 aromatic carbocycles. The lowest BCUT2D eigenvalue weighted by molar-refractivity contribution is -0.124. The molecule has 0 fully saturated rings. The number of nitrogens with zero attached hydrogens (tertiary/aromatic N) is 1. The van der Waals surface area contributed by atoms with Gasteiger partial charge in [0.15, 0.2) is 11.5 Å². The van der Waals surface area contributed by atoms with Gasteiger partial charge in [0.2, 0.25) is 18.6 Å². The molecule has 0 aliphatic carbocycles. The number of hydrogen-bond donors (Lipinski definition) is 2. The molecule has 0 saturated carbocycles. The summed E-state index contributed by atoms with van der Waals surface area (Å²) in [7, 11) is 0. The second-order valence-electron chi connectivity index (χ2n) is 5.58. The summed E-state index contributed by atoms with van der Waals surface area (Å²) in [6.07, 6.45) is 1.43. The van der Waals surface area contributed by atoms with Crippen LogP contribution in [0.25, 0.3) is 0 Å². The fourth-order valence-electron chi connectivity index (χ4n) is 2.26. The van der Waals surface area contributed by atoms with Gasteiger partial charge in [-0.05, 0) is 42.0 Å². The Morgan fingerprint density at radius 1 is 1.04 bits per heavy atom. The van der Waals surface area contributed by atoms with E-state index in [1.54, 1.807) is 30.3 Å². The van der Waals surface area contributed by atoms with Crippen LogP contribution in [0.1, 0.15) is 18.4 Å². The second-order valence-corrected chi connectivity index (χ2v) is 6.42. The Bertz CT molecular complexity index is 902. The minimum absolute atomic E-state index is 0.0196. The highest BCUT2D eigenvalue weighted by Crippen LogP contribution is 2.32. The summed E-state index contributed by atoms with van der Waals surface area (Å²) in [6.45, 7) is 0.190. The van der Waals surface area contributed by atoms with Gasteiger partial charge in [-0.15, -0.1) is 0 Å². The van der Waals surface area contributed by atoms with Crippen LogP contribution in [0, 0.1) is 0 Å². The van der Waals surface area contributed by atoms with Crippen LogP contribution < -0.4 is 20.2 Å². The van der Waals surface area contributed by atoms with Crippen molar-refractivity contribution in [3.8, 4) is 11.5 Å². The third-order valence-corrected chi connectivity index (χ3v) is 4.15. The summed E-state index contributed by atoms with van der Waals surface area (Å²) in [6, 6.07) is 10.0. The van der Waals surface area contributed by atoms with Crippen molar-refractivity contribution in [2.75, 3.05) is 12.1 Å². The van der Waals surface area contributed by atoms with Crippen molar-refractivity contribution < 1.29 is 19.1 Å². The minimum Gasteiger partial charge on any atom is -0.454 e. The molecule has 2 N–H and O–H groups in total. The van der Waals surface area contributed by atoms with Crippen LogP contribution in [-0.4, -0.2) is 24.8 Å². The average Bonchev–Trinajstić information content (AvgIpc) is 3.11. The Labute approximate surface area is 165 Å². The third kappa shape index (κ3) is 5.35. The van der Waals surface area contributed by atoms with Gasteiger partial charge in [0, 0.05) is 17.9 Å². The molecular weight excluding hydrogens is 393 g/mol. The lowest BCUT2D eigenvalue weighted by Crippen LogP contribution is -2.20. The third-order valence-electron chi connectivity index (χ3n) is 3.58.